The second kappa shape index (κ2) is 9.55. The van der Waals surface area contributed by atoms with Crippen LogP contribution in [-0.2, 0) is 6.42 Å². The summed E-state index contributed by atoms with van der Waals surface area (Å²) in [6.45, 7) is 5.64. The van der Waals surface area contributed by atoms with Crippen LogP contribution in [0.2, 0.25) is 0 Å². The average Bonchev–Trinajstić information content (AvgIpc) is 2.38. The Morgan fingerprint density at radius 3 is 2.59 bits per heavy atom. The van der Waals surface area contributed by atoms with Crippen molar-refractivity contribution in [3.8, 4) is 0 Å². The van der Waals surface area contributed by atoms with E-state index in [1.807, 2.05) is 11.8 Å². The summed E-state index contributed by atoms with van der Waals surface area (Å²) < 4.78 is 0. The molecule has 0 aromatic heterocycles. The molecule has 0 aliphatic carbocycles. The summed E-state index contributed by atoms with van der Waals surface area (Å²) in [5.74, 6) is 2.52. The van der Waals surface area contributed by atoms with Crippen LogP contribution in [0.5, 0.6) is 0 Å². The van der Waals surface area contributed by atoms with Crippen LogP contribution < -0.4 is 5.32 Å². The first-order valence-electron chi connectivity index (χ1n) is 6.71. The second-order valence-corrected chi connectivity index (χ2v) is 5.69. The van der Waals surface area contributed by atoms with E-state index in [0.29, 0.717) is 6.04 Å². The van der Waals surface area contributed by atoms with E-state index in [0.717, 1.165) is 13.0 Å². The van der Waals surface area contributed by atoms with Gasteiger partial charge in [0.15, 0.2) is 0 Å². The molecule has 2 heteroatoms. The van der Waals surface area contributed by atoms with Gasteiger partial charge in [-0.25, -0.2) is 0 Å². The SMILES string of the molecule is CCSCCCNC(CC)Cc1ccccc1. The molecule has 0 spiro atoms. The number of thioether (sulfide) groups is 1. The second-order valence-electron chi connectivity index (χ2n) is 4.30. The van der Waals surface area contributed by atoms with Crippen LogP contribution >= 0.6 is 11.8 Å². The minimum Gasteiger partial charge on any atom is -0.314 e. The van der Waals surface area contributed by atoms with Crippen molar-refractivity contribution in [1.82, 2.24) is 5.32 Å². The van der Waals surface area contributed by atoms with Crippen molar-refractivity contribution in [2.24, 2.45) is 0 Å². The van der Waals surface area contributed by atoms with Gasteiger partial charge in [-0.15, -0.1) is 0 Å². The summed E-state index contributed by atoms with van der Waals surface area (Å²) in [5, 5.41) is 3.66. The minimum atomic E-state index is 0.629. The molecule has 96 valence electrons. The van der Waals surface area contributed by atoms with Gasteiger partial charge in [-0.2, -0.15) is 11.8 Å². The number of hydrogen-bond acceptors (Lipinski definition) is 2. The van der Waals surface area contributed by atoms with Gasteiger partial charge in [0, 0.05) is 6.04 Å². The zero-order valence-corrected chi connectivity index (χ0v) is 11.9. The third-order valence-electron chi connectivity index (χ3n) is 2.92. The molecule has 1 rings (SSSR count). The van der Waals surface area contributed by atoms with Crippen LogP contribution in [0.4, 0.5) is 0 Å². The molecule has 0 aliphatic heterocycles. The summed E-state index contributed by atoms with van der Waals surface area (Å²) in [6.07, 6.45) is 3.64. The molecule has 0 saturated heterocycles. The Hall–Kier alpha value is -0.470. The summed E-state index contributed by atoms with van der Waals surface area (Å²) in [4.78, 5) is 0. The largest absolute Gasteiger partial charge is 0.314 e. The predicted molar refractivity (Wildman–Crippen MR) is 79.8 cm³/mol. The smallest absolute Gasteiger partial charge is 0.0105 e. The Balaban J connectivity index is 2.20. The molecule has 0 saturated carbocycles. The Bertz CT molecular complexity index is 274. The van der Waals surface area contributed by atoms with Gasteiger partial charge in [0.25, 0.3) is 0 Å². The third-order valence-corrected chi connectivity index (χ3v) is 3.91. The van der Waals surface area contributed by atoms with Crippen LogP contribution in [0.25, 0.3) is 0 Å². The fourth-order valence-electron chi connectivity index (χ4n) is 1.88. The van der Waals surface area contributed by atoms with E-state index in [-0.39, 0.29) is 0 Å². The lowest BCUT2D eigenvalue weighted by Crippen LogP contribution is -2.31. The molecule has 0 fully saturated rings. The van der Waals surface area contributed by atoms with E-state index in [9.17, 15) is 0 Å². The molecule has 1 atom stereocenters. The van der Waals surface area contributed by atoms with Gasteiger partial charge >= 0.3 is 0 Å². The Labute approximate surface area is 110 Å². The molecule has 1 aromatic rings. The number of benzene rings is 1. The van der Waals surface area contributed by atoms with Gasteiger partial charge in [-0.3, -0.25) is 0 Å². The van der Waals surface area contributed by atoms with Crippen molar-refractivity contribution >= 4 is 11.8 Å². The van der Waals surface area contributed by atoms with Gasteiger partial charge in [0.1, 0.15) is 0 Å². The summed E-state index contributed by atoms with van der Waals surface area (Å²) in [5.41, 5.74) is 1.44. The summed E-state index contributed by atoms with van der Waals surface area (Å²) in [7, 11) is 0. The van der Waals surface area contributed by atoms with E-state index in [1.54, 1.807) is 0 Å². The number of hydrogen-bond donors (Lipinski definition) is 1. The monoisotopic (exact) mass is 251 g/mol. The zero-order chi connectivity index (χ0) is 12.3. The molecule has 1 unspecified atom stereocenters. The summed E-state index contributed by atoms with van der Waals surface area (Å²) in [6, 6.07) is 11.4. The van der Waals surface area contributed by atoms with Crippen LogP contribution in [0, 0.1) is 0 Å². The van der Waals surface area contributed by atoms with Crippen LogP contribution in [-0.4, -0.2) is 24.1 Å². The van der Waals surface area contributed by atoms with Crippen molar-refractivity contribution in [2.45, 2.75) is 39.2 Å². The maximum absolute atomic E-state index is 3.66. The number of nitrogens with one attached hydrogen (secondary N) is 1. The van der Waals surface area contributed by atoms with Gasteiger partial charge in [-0.05, 0) is 42.9 Å². The zero-order valence-electron chi connectivity index (χ0n) is 11.1. The first kappa shape index (κ1) is 14.6. The lowest BCUT2D eigenvalue weighted by Gasteiger charge is -2.17. The molecule has 0 heterocycles. The molecule has 1 N–H and O–H groups in total. The molecule has 17 heavy (non-hydrogen) atoms. The molecular formula is C15H25NS. The maximum Gasteiger partial charge on any atom is 0.0105 e. The highest BCUT2D eigenvalue weighted by Gasteiger charge is 2.05. The first-order valence-corrected chi connectivity index (χ1v) is 7.87. The molecule has 0 amide bonds. The lowest BCUT2D eigenvalue weighted by molar-refractivity contribution is 0.496. The topological polar surface area (TPSA) is 12.0 Å². The average molecular weight is 251 g/mol. The molecule has 0 aliphatic rings. The van der Waals surface area contributed by atoms with Crippen molar-refractivity contribution in [2.75, 3.05) is 18.1 Å². The lowest BCUT2D eigenvalue weighted by atomic mass is 10.0. The summed E-state index contributed by atoms with van der Waals surface area (Å²) >= 11 is 2.03. The Morgan fingerprint density at radius 2 is 1.94 bits per heavy atom. The van der Waals surface area contributed by atoms with E-state index >= 15 is 0 Å². The Kier molecular flexibility index (Phi) is 8.20. The van der Waals surface area contributed by atoms with E-state index in [1.165, 1.54) is 29.9 Å². The molecule has 0 bridgehead atoms. The van der Waals surface area contributed by atoms with E-state index in [2.05, 4.69) is 49.5 Å². The fourth-order valence-corrected chi connectivity index (χ4v) is 2.52. The normalized spacial score (nSPS) is 12.6. The molecule has 1 nitrogen and oxygen atoms in total. The van der Waals surface area contributed by atoms with Gasteiger partial charge < -0.3 is 5.32 Å². The van der Waals surface area contributed by atoms with Crippen molar-refractivity contribution in [3.05, 3.63) is 35.9 Å². The quantitative estimate of drug-likeness (QED) is 0.671. The maximum atomic E-state index is 3.66. The fraction of sp³-hybridized carbons (Fsp3) is 0.600. The van der Waals surface area contributed by atoms with Gasteiger partial charge in [0.2, 0.25) is 0 Å². The minimum absolute atomic E-state index is 0.629. The van der Waals surface area contributed by atoms with Gasteiger partial charge in [-0.1, -0.05) is 44.2 Å². The standard InChI is InChI=1S/C15H25NS/c1-3-15(16-11-8-12-17-4-2)13-14-9-6-5-7-10-14/h5-7,9-10,15-16H,3-4,8,11-13H2,1-2H3. The highest BCUT2D eigenvalue weighted by molar-refractivity contribution is 7.99. The van der Waals surface area contributed by atoms with Crippen molar-refractivity contribution < 1.29 is 0 Å². The highest BCUT2D eigenvalue weighted by atomic mass is 32.2. The van der Waals surface area contributed by atoms with Crippen LogP contribution in [0.15, 0.2) is 30.3 Å². The molecule has 1 aromatic carbocycles. The van der Waals surface area contributed by atoms with Crippen LogP contribution in [0.1, 0.15) is 32.3 Å². The number of rotatable bonds is 9. The third kappa shape index (κ3) is 6.75. The van der Waals surface area contributed by atoms with E-state index < -0.39 is 0 Å². The molecular weight excluding hydrogens is 226 g/mol. The van der Waals surface area contributed by atoms with Crippen molar-refractivity contribution in [1.29, 1.82) is 0 Å². The predicted octanol–water partition coefficient (Wildman–Crippen LogP) is 3.74. The molecule has 0 radical (unpaired) electrons. The Morgan fingerprint density at radius 1 is 1.18 bits per heavy atom. The van der Waals surface area contributed by atoms with E-state index in [4.69, 9.17) is 0 Å². The first-order chi connectivity index (χ1) is 8.36. The van der Waals surface area contributed by atoms with Gasteiger partial charge in [0.05, 0.1) is 0 Å². The van der Waals surface area contributed by atoms with Crippen molar-refractivity contribution in [3.63, 3.8) is 0 Å². The van der Waals surface area contributed by atoms with Crippen LogP contribution in [0.3, 0.4) is 0 Å². The highest BCUT2D eigenvalue weighted by Crippen LogP contribution is 2.06.